The quantitative estimate of drug-likeness (QED) is 0.622. The van der Waals surface area contributed by atoms with Crippen molar-refractivity contribution < 1.29 is 4.74 Å². The number of nitrogens with zero attached hydrogens (tertiary/aromatic N) is 2. The Hall–Kier alpha value is -2.56. The van der Waals surface area contributed by atoms with Crippen LogP contribution < -0.4 is 4.90 Å². The summed E-state index contributed by atoms with van der Waals surface area (Å²) in [4.78, 5) is 10.6. The molecule has 1 fully saturated rings. The number of rotatable bonds is 4. The Labute approximate surface area is 170 Å². The Morgan fingerprint density at radius 1 is 1.04 bits per heavy atom. The van der Waals surface area contributed by atoms with Crippen molar-refractivity contribution in [1.29, 1.82) is 0 Å². The van der Waals surface area contributed by atoms with Gasteiger partial charge in [0, 0.05) is 33.9 Å². The van der Waals surface area contributed by atoms with E-state index in [0.717, 1.165) is 41.6 Å². The van der Waals surface area contributed by atoms with Crippen molar-refractivity contribution in [3.8, 4) is 22.6 Å². The molecule has 0 saturated carbocycles. The van der Waals surface area contributed by atoms with Crippen LogP contribution in [0.15, 0.2) is 55.1 Å². The minimum Gasteiger partial charge on any atom is -0.377 e. The molecule has 0 spiro atoms. The van der Waals surface area contributed by atoms with Crippen LogP contribution in [0, 0.1) is 0 Å². The zero-order valence-electron chi connectivity index (χ0n) is 16.2. The Morgan fingerprint density at radius 3 is 2.25 bits per heavy atom. The van der Waals surface area contributed by atoms with Gasteiger partial charge in [0.05, 0.1) is 24.6 Å². The summed E-state index contributed by atoms with van der Waals surface area (Å²) in [6.45, 7) is 9.84. The second-order valence-electron chi connectivity index (χ2n) is 7.25. The lowest BCUT2D eigenvalue weighted by atomic mass is 10.1. The normalized spacial score (nSPS) is 19.6. The van der Waals surface area contributed by atoms with E-state index in [9.17, 15) is 0 Å². The van der Waals surface area contributed by atoms with Crippen molar-refractivity contribution in [1.82, 2.24) is 9.97 Å². The molecule has 1 aliphatic heterocycles. The molecule has 1 aromatic heterocycles. The zero-order chi connectivity index (χ0) is 19.7. The van der Waals surface area contributed by atoms with Crippen molar-refractivity contribution in [2.24, 2.45) is 0 Å². The molecule has 1 aliphatic rings. The lowest BCUT2D eigenvalue weighted by molar-refractivity contribution is 0.0757. The average Bonchev–Trinajstić information content (AvgIpc) is 3.13. The number of aromatic nitrogens is 2. The van der Waals surface area contributed by atoms with Crippen molar-refractivity contribution in [2.45, 2.75) is 25.9 Å². The van der Waals surface area contributed by atoms with E-state index in [4.69, 9.17) is 21.3 Å². The predicted octanol–water partition coefficient (Wildman–Crippen LogP) is 5.65. The van der Waals surface area contributed by atoms with E-state index in [0.29, 0.717) is 17.1 Å². The van der Waals surface area contributed by atoms with E-state index >= 15 is 0 Å². The summed E-state index contributed by atoms with van der Waals surface area (Å²) in [6.07, 6.45) is 1.80. The average molecular weight is 394 g/mol. The first kappa shape index (κ1) is 18.8. The molecular weight excluding hydrogens is 370 g/mol. The molecule has 28 heavy (non-hydrogen) atoms. The highest BCUT2D eigenvalue weighted by Gasteiger charge is 2.25. The van der Waals surface area contributed by atoms with E-state index < -0.39 is 0 Å². The summed E-state index contributed by atoms with van der Waals surface area (Å²) in [6, 6.07) is 17.0. The van der Waals surface area contributed by atoms with Gasteiger partial charge in [-0.1, -0.05) is 30.3 Å². The molecule has 2 unspecified atom stereocenters. The molecule has 4 nitrogen and oxygen atoms in total. The molecule has 0 bridgehead atoms. The fraction of sp³-hybridized carbons (Fsp3) is 0.261. The number of hydrogen-bond acceptors (Lipinski definition) is 3. The standard InChI is InChI=1S/C23H24ClN3O/c1-4-21-22(17-5-9-19(24)10-6-17)26-23(25-21)18-7-11-20(12-8-18)27-15(2)13-28-14-16(27)3/h4-12,15-16H,1,13-14H2,2-3H3,(H,25,26). The minimum absolute atomic E-state index is 0.363. The summed E-state index contributed by atoms with van der Waals surface area (Å²) in [5, 5.41) is 0.710. The third kappa shape index (κ3) is 3.58. The maximum absolute atomic E-state index is 6.01. The van der Waals surface area contributed by atoms with Crippen LogP contribution in [0.5, 0.6) is 0 Å². The Kier molecular flexibility index (Phi) is 5.25. The monoisotopic (exact) mass is 393 g/mol. The van der Waals surface area contributed by atoms with Gasteiger partial charge in [0.2, 0.25) is 0 Å². The molecule has 2 atom stereocenters. The molecule has 0 aliphatic carbocycles. The highest BCUT2D eigenvalue weighted by molar-refractivity contribution is 6.30. The maximum Gasteiger partial charge on any atom is 0.138 e. The van der Waals surface area contributed by atoms with Crippen LogP contribution in [0.4, 0.5) is 5.69 Å². The van der Waals surface area contributed by atoms with Gasteiger partial charge in [0.1, 0.15) is 5.82 Å². The summed E-state index contributed by atoms with van der Waals surface area (Å²) >= 11 is 6.01. The van der Waals surface area contributed by atoms with Crippen LogP contribution in [0.25, 0.3) is 28.7 Å². The number of halogens is 1. The molecule has 3 aromatic rings. The molecule has 1 saturated heterocycles. The van der Waals surface area contributed by atoms with Crippen LogP contribution in [-0.4, -0.2) is 35.3 Å². The third-order valence-electron chi connectivity index (χ3n) is 5.16. The molecule has 0 radical (unpaired) electrons. The summed E-state index contributed by atoms with van der Waals surface area (Å²) < 4.78 is 5.64. The molecule has 144 valence electrons. The van der Waals surface area contributed by atoms with Gasteiger partial charge >= 0.3 is 0 Å². The van der Waals surface area contributed by atoms with E-state index in [1.54, 1.807) is 6.08 Å². The van der Waals surface area contributed by atoms with Gasteiger partial charge in [-0.3, -0.25) is 0 Å². The topological polar surface area (TPSA) is 41.2 Å². The first-order valence-electron chi connectivity index (χ1n) is 9.51. The van der Waals surface area contributed by atoms with Crippen LogP contribution in [0.1, 0.15) is 19.5 Å². The number of imidazole rings is 1. The molecule has 2 heterocycles. The number of anilines is 1. The highest BCUT2D eigenvalue weighted by atomic mass is 35.5. The second-order valence-corrected chi connectivity index (χ2v) is 7.68. The second kappa shape index (κ2) is 7.82. The third-order valence-corrected chi connectivity index (χ3v) is 5.41. The summed E-state index contributed by atoms with van der Waals surface area (Å²) in [5.74, 6) is 0.828. The number of H-pyrrole nitrogens is 1. The summed E-state index contributed by atoms with van der Waals surface area (Å²) in [5.41, 5.74) is 5.04. The number of morpholine rings is 1. The van der Waals surface area contributed by atoms with Gasteiger partial charge < -0.3 is 14.6 Å². The molecule has 4 rings (SSSR count). The molecular formula is C23H24ClN3O. The van der Waals surface area contributed by atoms with E-state index in [1.165, 1.54) is 5.69 Å². The van der Waals surface area contributed by atoms with Gasteiger partial charge in [0.15, 0.2) is 0 Å². The van der Waals surface area contributed by atoms with E-state index in [1.807, 2.05) is 24.3 Å². The number of ether oxygens (including phenoxy) is 1. The van der Waals surface area contributed by atoms with Crippen LogP contribution in [-0.2, 0) is 4.74 Å². The Bertz CT molecular complexity index is 953. The number of hydrogen-bond donors (Lipinski definition) is 1. The molecule has 1 N–H and O–H groups in total. The first-order chi connectivity index (χ1) is 13.6. The molecule has 2 aromatic carbocycles. The lowest BCUT2D eigenvalue weighted by Gasteiger charge is -2.40. The smallest absolute Gasteiger partial charge is 0.138 e. The first-order valence-corrected chi connectivity index (χ1v) is 9.89. The van der Waals surface area contributed by atoms with Crippen molar-refractivity contribution in [3.05, 3.63) is 65.8 Å². The van der Waals surface area contributed by atoms with Crippen LogP contribution in [0.3, 0.4) is 0 Å². The van der Waals surface area contributed by atoms with Gasteiger partial charge in [0.25, 0.3) is 0 Å². The van der Waals surface area contributed by atoms with Crippen molar-refractivity contribution in [3.63, 3.8) is 0 Å². The van der Waals surface area contributed by atoms with E-state index in [-0.39, 0.29) is 0 Å². The zero-order valence-corrected chi connectivity index (χ0v) is 16.9. The van der Waals surface area contributed by atoms with Gasteiger partial charge in [-0.25, -0.2) is 4.98 Å². The molecule has 5 heteroatoms. The van der Waals surface area contributed by atoms with Crippen molar-refractivity contribution >= 4 is 23.4 Å². The predicted molar refractivity (Wildman–Crippen MR) is 117 cm³/mol. The lowest BCUT2D eigenvalue weighted by Crippen LogP contribution is -2.49. The largest absolute Gasteiger partial charge is 0.377 e. The molecule has 0 amide bonds. The minimum atomic E-state index is 0.363. The van der Waals surface area contributed by atoms with E-state index in [2.05, 4.69) is 54.6 Å². The van der Waals surface area contributed by atoms with Crippen molar-refractivity contribution in [2.75, 3.05) is 18.1 Å². The van der Waals surface area contributed by atoms with Gasteiger partial charge in [-0.2, -0.15) is 0 Å². The van der Waals surface area contributed by atoms with Crippen LogP contribution in [0.2, 0.25) is 5.02 Å². The van der Waals surface area contributed by atoms with Gasteiger partial charge in [-0.15, -0.1) is 0 Å². The Balaban J connectivity index is 1.64. The number of benzene rings is 2. The fourth-order valence-corrected chi connectivity index (χ4v) is 3.93. The maximum atomic E-state index is 6.01. The van der Waals surface area contributed by atoms with Gasteiger partial charge in [-0.05, 0) is 56.3 Å². The SMILES string of the molecule is C=Cc1[nH]c(-c2ccc(N3C(C)COCC3C)cc2)nc1-c1ccc(Cl)cc1. The Morgan fingerprint density at radius 2 is 1.64 bits per heavy atom. The number of nitrogens with one attached hydrogen (secondary N) is 1. The summed E-state index contributed by atoms with van der Waals surface area (Å²) in [7, 11) is 0. The fourth-order valence-electron chi connectivity index (χ4n) is 3.80. The highest BCUT2D eigenvalue weighted by Crippen LogP contribution is 2.30. The van der Waals surface area contributed by atoms with Crippen LogP contribution >= 0.6 is 11.6 Å². The number of aromatic amines is 1.